The van der Waals surface area contributed by atoms with Gasteiger partial charge in [0, 0.05) is 12.1 Å². The van der Waals surface area contributed by atoms with E-state index in [1.54, 1.807) is 34.9 Å². The third-order valence-corrected chi connectivity index (χ3v) is 6.17. The molecule has 0 aliphatic heterocycles. The molecule has 0 aliphatic carbocycles. The lowest BCUT2D eigenvalue weighted by Gasteiger charge is -2.10. The number of rotatable bonds is 9. The Labute approximate surface area is 204 Å². The molecule has 0 saturated heterocycles. The number of halogens is 3. The van der Waals surface area contributed by atoms with Gasteiger partial charge >= 0.3 is 0 Å². The maximum absolute atomic E-state index is 12.4. The molecule has 1 aromatic heterocycles. The molecular formula is C21H18Cl3N5O2S. The second-order valence-corrected chi connectivity index (χ2v) is 8.59. The fourth-order valence-electron chi connectivity index (χ4n) is 2.65. The van der Waals surface area contributed by atoms with Crippen LogP contribution in [-0.2, 0) is 17.9 Å². The predicted octanol–water partition coefficient (Wildman–Crippen LogP) is 5.09. The number of hydrogen-bond acceptors (Lipinski definition) is 5. The van der Waals surface area contributed by atoms with Crippen LogP contribution in [0.2, 0.25) is 15.1 Å². The zero-order valence-electron chi connectivity index (χ0n) is 16.6. The summed E-state index contributed by atoms with van der Waals surface area (Å²) in [6, 6.07) is 11.8. The molecule has 2 amide bonds. The number of nitrogens with one attached hydrogen (secondary N) is 2. The van der Waals surface area contributed by atoms with Crippen LogP contribution >= 0.6 is 46.6 Å². The van der Waals surface area contributed by atoms with Gasteiger partial charge in [0.2, 0.25) is 5.91 Å². The molecule has 0 bridgehead atoms. The molecule has 0 radical (unpaired) electrons. The Morgan fingerprint density at radius 3 is 2.50 bits per heavy atom. The minimum Gasteiger partial charge on any atom is -0.345 e. The van der Waals surface area contributed by atoms with Crippen LogP contribution in [0.1, 0.15) is 16.2 Å². The van der Waals surface area contributed by atoms with E-state index in [9.17, 15) is 9.59 Å². The van der Waals surface area contributed by atoms with Crippen molar-refractivity contribution in [1.29, 1.82) is 0 Å². The van der Waals surface area contributed by atoms with Crippen molar-refractivity contribution in [3.8, 4) is 0 Å². The molecule has 0 aliphatic rings. The summed E-state index contributed by atoms with van der Waals surface area (Å²) in [6.45, 7) is 4.35. The van der Waals surface area contributed by atoms with Crippen LogP contribution in [0, 0.1) is 0 Å². The quantitative estimate of drug-likeness (QED) is 0.238. The summed E-state index contributed by atoms with van der Waals surface area (Å²) in [7, 11) is 0. The largest absolute Gasteiger partial charge is 0.345 e. The van der Waals surface area contributed by atoms with Crippen LogP contribution in [0.5, 0.6) is 0 Å². The maximum atomic E-state index is 12.4. The molecule has 3 rings (SSSR count). The highest BCUT2D eigenvalue weighted by atomic mass is 35.5. The summed E-state index contributed by atoms with van der Waals surface area (Å²) in [4.78, 5) is 24.7. The van der Waals surface area contributed by atoms with Gasteiger partial charge in [-0.15, -0.1) is 16.8 Å². The first kappa shape index (κ1) is 24.1. The van der Waals surface area contributed by atoms with Crippen molar-refractivity contribution < 1.29 is 9.59 Å². The third kappa shape index (κ3) is 6.26. The van der Waals surface area contributed by atoms with E-state index in [2.05, 4.69) is 27.4 Å². The van der Waals surface area contributed by atoms with Crippen LogP contribution in [-0.4, -0.2) is 32.3 Å². The SMILES string of the molecule is C=CCn1c(CNC(=O)c2ccccc2)nnc1SCC(=O)Nc1cc(Cl)c(Cl)cc1Cl. The molecule has 11 heteroatoms. The molecule has 0 fully saturated rings. The molecule has 3 aromatic rings. The number of carbonyl (C=O) groups excluding carboxylic acids is 2. The van der Waals surface area contributed by atoms with E-state index in [4.69, 9.17) is 34.8 Å². The number of hydrogen-bond donors (Lipinski definition) is 2. The van der Waals surface area contributed by atoms with E-state index in [0.29, 0.717) is 33.8 Å². The number of carbonyl (C=O) groups is 2. The normalized spacial score (nSPS) is 10.6. The van der Waals surface area contributed by atoms with Gasteiger partial charge in [-0.05, 0) is 24.3 Å². The summed E-state index contributed by atoms with van der Waals surface area (Å²) in [5.41, 5.74) is 0.915. The van der Waals surface area contributed by atoms with Crippen LogP contribution in [0.15, 0.2) is 60.3 Å². The molecule has 0 atom stereocenters. The van der Waals surface area contributed by atoms with Gasteiger partial charge in [0.15, 0.2) is 11.0 Å². The highest BCUT2D eigenvalue weighted by Gasteiger charge is 2.16. The van der Waals surface area contributed by atoms with Crippen molar-refractivity contribution in [2.75, 3.05) is 11.1 Å². The monoisotopic (exact) mass is 509 g/mol. The Balaban J connectivity index is 1.62. The van der Waals surface area contributed by atoms with E-state index in [0.717, 1.165) is 0 Å². The molecule has 2 N–H and O–H groups in total. The van der Waals surface area contributed by atoms with Crippen LogP contribution in [0.4, 0.5) is 5.69 Å². The number of anilines is 1. The minimum atomic E-state index is -0.303. The van der Waals surface area contributed by atoms with Crippen molar-refractivity contribution in [2.24, 2.45) is 0 Å². The summed E-state index contributed by atoms with van der Waals surface area (Å²) in [6.07, 6.45) is 1.69. The molecule has 0 saturated carbocycles. The fraction of sp³-hybridized carbons (Fsp3) is 0.143. The van der Waals surface area contributed by atoms with Gasteiger partial charge in [-0.1, -0.05) is 70.8 Å². The topological polar surface area (TPSA) is 88.9 Å². The van der Waals surface area contributed by atoms with Crippen molar-refractivity contribution in [1.82, 2.24) is 20.1 Å². The van der Waals surface area contributed by atoms with Crippen molar-refractivity contribution in [3.05, 3.63) is 81.6 Å². The smallest absolute Gasteiger partial charge is 0.251 e. The highest BCUT2D eigenvalue weighted by molar-refractivity contribution is 7.99. The lowest BCUT2D eigenvalue weighted by Crippen LogP contribution is -2.24. The van der Waals surface area contributed by atoms with Gasteiger partial charge in [0.1, 0.15) is 0 Å². The first-order valence-electron chi connectivity index (χ1n) is 9.32. The predicted molar refractivity (Wildman–Crippen MR) is 129 cm³/mol. The number of benzene rings is 2. The van der Waals surface area contributed by atoms with Crippen LogP contribution in [0.25, 0.3) is 0 Å². The summed E-state index contributed by atoms with van der Waals surface area (Å²) >= 11 is 19.2. The standard InChI is InChI=1S/C21H18Cl3N5O2S/c1-2-8-29-18(11-25-20(31)13-6-4-3-5-7-13)27-28-21(29)32-12-19(30)26-17-10-15(23)14(22)9-16(17)24/h2-7,9-10H,1,8,11-12H2,(H,25,31)(H,26,30). The molecular weight excluding hydrogens is 493 g/mol. The average molecular weight is 511 g/mol. The second-order valence-electron chi connectivity index (χ2n) is 6.43. The van der Waals surface area contributed by atoms with Gasteiger partial charge in [-0.3, -0.25) is 9.59 Å². The Bertz CT molecular complexity index is 1140. The molecule has 0 spiro atoms. The van der Waals surface area contributed by atoms with Gasteiger partial charge in [-0.25, -0.2) is 0 Å². The number of aromatic nitrogens is 3. The number of allylic oxidation sites excluding steroid dienone is 1. The lowest BCUT2D eigenvalue weighted by molar-refractivity contribution is -0.113. The second kappa shape index (κ2) is 11.4. The molecule has 7 nitrogen and oxygen atoms in total. The van der Waals surface area contributed by atoms with E-state index >= 15 is 0 Å². The zero-order valence-corrected chi connectivity index (χ0v) is 19.7. The summed E-state index contributed by atoms with van der Waals surface area (Å²) in [5, 5.41) is 15.2. The number of amides is 2. The minimum absolute atomic E-state index is 0.0578. The third-order valence-electron chi connectivity index (χ3n) is 4.16. The Kier molecular flexibility index (Phi) is 8.58. The number of thioether (sulfide) groups is 1. The molecule has 2 aromatic carbocycles. The molecule has 166 valence electrons. The number of nitrogens with zero attached hydrogens (tertiary/aromatic N) is 3. The van der Waals surface area contributed by atoms with E-state index < -0.39 is 0 Å². The van der Waals surface area contributed by atoms with E-state index in [-0.39, 0.29) is 34.2 Å². The summed E-state index contributed by atoms with van der Waals surface area (Å²) < 4.78 is 1.78. The van der Waals surface area contributed by atoms with Crippen molar-refractivity contribution in [3.63, 3.8) is 0 Å². The first-order chi connectivity index (χ1) is 15.4. The first-order valence-corrected chi connectivity index (χ1v) is 11.4. The molecule has 32 heavy (non-hydrogen) atoms. The fourth-order valence-corrected chi connectivity index (χ4v) is 4.02. The average Bonchev–Trinajstić information content (AvgIpc) is 3.16. The van der Waals surface area contributed by atoms with Crippen LogP contribution in [0.3, 0.4) is 0 Å². The van der Waals surface area contributed by atoms with Gasteiger partial charge < -0.3 is 15.2 Å². The summed E-state index contributed by atoms with van der Waals surface area (Å²) in [5.74, 6) is 0.0835. The highest BCUT2D eigenvalue weighted by Crippen LogP contribution is 2.32. The van der Waals surface area contributed by atoms with Crippen molar-refractivity contribution in [2.45, 2.75) is 18.2 Å². The maximum Gasteiger partial charge on any atom is 0.251 e. The van der Waals surface area contributed by atoms with Gasteiger partial charge in [0.25, 0.3) is 5.91 Å². The molecule has 0 unspecified atom stereocenters. The Morgan fingerprint density at radius 2 is 1.78 bits per heavy atom. The van der Waals surface area contributed by atoms with Gasteiger partial charge in [0.05, 0.1) is 33.1 Å². The molecule has 1 heterocycles. The zero-order chi connectivity index (χ0) is 23.1. The van der Waals surface area contributed by atoms with E-state index in [1.807, 2.05) is 6.07 Å². The Morgan fingerprint density at radius 1 is 1.06 bits per heavy atom. The van der Waals surface area contributed by atoms with E-state index in [1.165, 1.54) is 23.9 Å². The van der Waals surface area contributed by atoms with Gasteiger partial charge in [-0.2, -0.15) is 0 Å². The van der Waals surface area contributed by atoms with Crippen molar-refractivity contribution >= 4 is 64.1 Å². The Hall–Kier alpha value is -2.52. The lowest BCUT2D eigenvalue weighted by atomic mass is 10.2. The van der Waals surface area contributed by atoms with Crippen LogP contribution < -0.4 is 10.6 Å².